The molecule has 0 amide bonds. The van der Waals surface area contributed by atoms with Crippen molar-refractivity contribution in [3.8, 4) is 5.75 Å². The predicted molar refractivity (Wildman–Crippen MR) is 93.7 cm³/mol. The lowest BCUT2D eigenvalue weighted by Crippen LogP contribution is -2.03. The number of rotatable bonds is 6. The molecule has 2 heterocycles. The van der Waals surface area contributed by atoms with Crippen molar-refractivity contribution in [1.82, 2.24) is 9.38 Å². The van der Waals surface area contributed by atoms with Crippen molar-refractivity contribution in [3.05, 3.63) is 60.0 Å². The SMILES string of the molecule is CCOc1ccc(SCc2cn3cccc(C(=O)OC)c3n2)cc1. The summed E-state index contributed by atoms with van der Waals surface area (Å²) in [4.78, 5) is 17.5. The molecule has 0 saturated heterocycles. The number of nitrogens with zero attached hydrogens (tertiary/aromatic N) is 2. The number of hydrogen-bond donors (Lipinski definition) is 0. The summed E-state index contributed by atoms with van der Waals surface area (Å²) in [5, 5.41) is 0. The van der Waals surface area contributed by atoms with Crippen LogP contribution in [0.15, 0.2) is 53.7 Å². The van der Waals surface area contributed by atoms with E-state index in [1.807, 2.05) is 54.0 Å². The van der Waals surface area contributed by atoms with E-state index in [-0.39, 0.29) is 5.97 Å². The second-order valence-electron chi connectivity index (χ2n) is 5.07. The van der Waals surface area contributed by atoms with Crippen LogP contribution in [0.5, 0.6) is 5.75 Å². The third kappa shape index (κ3) is 3.54. The van der Waals surface area contributed by atoms with E-state index in [1.165, 1.54) is 7.11 Å². The van der Waals surface area contributed by atoms with Gasteiger partial charge >= 0.3 is 5.97 Å². The van der Waals surface area contributed by atoms with Crippen molar-refractivity contribution in [2.75, 3.05) is 13.7 Å². The molecule has 124 valence electrons. The van der Waals surface area contributed by atoms with Gasteiger partial charge in [0.1, 0.15) is 11.3 Å². The molecule has 0 aliphatic rings. The number of hydrogen-bond acceptors (Lipinski definition) is 5. The van der Waals surface area contributed by atoms with Gasteiger partial charge in [-0.05, 0) is 43.3 Å². The van der Waals surface area contributed by atoms with Crippen LogP contribution >= 0.6 is 11.8 Å². The molecule has 3 rings (SSSR count). The summed E-state index contributed by atoms with van der Waals surface area (Å²) in [6, 6.07) is 11.5. The molecule has 0 fully saturated rings. The molecular formula is C18H18N2O3S. The molecule has 5 nitrogen and oxygen atoms in total. The number of fused-ring (bicyclic) bond motifs is 1. The van der Waals surface area contributed by atoms with Crippen LogP contribution in [0.2, 0.25) is 0 Å². The number of aromatic nitrogens is 2. The summed E-state index contributed by atoms with van der Waals surface area (Å²) >= 11 is 1.69. The summed E-state index contributed by atoms with van der Waals surface area (Å²) in [7, 11) is 1.37. The Morgan fingerprint density at radius 2 is 2.04 bits per heavy atom. The van der Waals surface area contributed by atoms with Crippen LogP contribution in [0.25, 0.3) is 5.65 Å². The smallest absolute Gasteiger partial charge is 0.341 e. The zero-order valence-corrected chi connectivity index (χ0v) is 14.4. The van der Waals surface area contributed by atoms with Crippen LogP contribution < -0.4 is 4.74 Å². The first-order valence-corrected chi connectivity index (χ1v) is 8.60. The van der Waals surface area contributed by atoms with Gasteiger partial charge in [-0.2, -0.15) is 0 Å². The van der Waals surface area contributed by atoms with Gasteiger partial charge in [-0.15, -0.1) is 11.8 Å². The maximum atomic E-state index is 11.8. The van der Waals surface area contributed by atoms with Crippen LogP contribution in [0.4, 0.5) is 0 Å². The molecule has 0 unspecified atom stereocenters. The molecule has 6 heteroatoms. The Hall–Kier alpha value is -2.47. The number of methoxy groups -OCH3 is 1. The fourth-order valence-corrected chi connectivity index (χ4v) is 3.14. The third-order valence-electron chi connectivity index (χ3n) is 3.46. The van der Waals surface area contributed by atoms with Crippen molar-refractivity contribution in [2.24, 2.45) is 0 Å². The minimum absolute atomic E-state index is 0.378. The summed E-state index contributed by atoms with van der Waals surface area (Å²) in [5.74, 6) is 1.21. The zero-order chi connectivity index (χ0) is 16.9. The highest BCUT2D eigenvalue weighted by Gasteiger charge is 2.13. The number of imidazole rings is 1. The highest BCUT2D eigenvalue weighted by atomic mass is 32.2. The lowest BCUT2D eigenvalue weighted by molar-refractivity contribution is 0.0602. The van der Waals surface area contributed by atoms with Crippen molar-refractivity contribution < 1.29 is 14.3 Å². The van der Waals surface area contributed by atoms with E-state index >= 15 is 0 Å². The monoisotopic (exact) mass is 342 g/mol. The van der Waals surface area contributed by atoms with Gasteiger partial charge in [-0.25, -0.2) is 9.78 Å². The molecule has 0 bridgehead atoms. The van der Waals surface area contributed by atoms with E-state index < -0.39 is 0 Å². The zero-order valence-electron chi connectivity index (χ0n) is 13.6. The molecule has 0 aliphatic heterocycles. The average molecular weight is 342 g/mol. The molecule has 0 atom stereocenters. The number of carbonyl (C=O) groups is 1. The fraction of sp³-hybridized carbons (Fsp3) is 0.222. The molecule has 0 spiro atoms. The minimum Gasteiger partial charge on any atom is -0.494 e. The number of benzene rings is 1. The summed E-state index contributed by atoms with van der Waals surface area (Å²) < 4.78 is 12.1. The van der Waals surface area contributed by atoms with Gasteiger partial charge in [-0.1, -0.05) is 0 Å². The van der Waals surface area contributed by atoms with E-state index in [0.29, 0.717) is 17.8 Å². The first kappa shape index (κ1) is 16.4. The lowest BCUT2D eigenvalue weighted by atomic mass is 10.3. The van der Waals surface area contributed by atoms with Crippen LogP contribution in [0.1, 0.15) is 23.0 Å². The van der Waals surface area contributed by atoms with E-state index in [9.17, 15) is 4.79 Å². The fourth-order valence-electron chi connectivity index (χ4n) is 2.36. The highest BCUT2D eigenvalue weighted by molar-refractivity contribution is 7.98. The highest BCUT2D eigenvalue weighted by Crippen LogP contribution is 2.25. The molecule has 0 radical (unpaired) electrons. The van der Waals surface area contributed by atoms with Gasteiger partial charge in [0.05, 0.1) is 19.4 Å². The largest absolute Gasteiger partial charge is 0.494 e. The Morgan fingerprint density at radius 3 is 2.75 bits per heavy atom. The first-order valence-electron chi connectivity index (χ1n) is 7.62. The van der Waals surface area contributed by atoms with E-state index in [2.05, 4.69) is 4.98 Å². The quantitative estimate of drug-likeness (QED) is 0.504. The Bertz CT molecular complexity index is 843. The molecule has 0 aliphatic carbocycles. The van der Waals surface area contributed by atoms with E-state index in [4.69, 9.17) is 9.47 Å². The second-order valence-corrected chi connectivity index (χ2v) is 6.12. The van der Waals surface area contributed by atoms with Crippen LogP contribution in [-0.4, -0.2) is 29.1 Å². The van der Waals surface area contributed by atoms with Gasteiger partial charge in [0.15, 0.2) is 5.65 Å². The molecule has 0 N–H and O–H groups in total. The normalized spacial score (nSPS) is 10.8. The van der Waals surface area contributed by atoms with Gasteiger partial charge in [-0.3, -0.25) is 0 Å². The molecule has 2 aromatic heterocycles. The van der Waals surface area contributed by atoms with Crippen molar-refractivity contribution >= 4 is 23.4 Å². The number of thioether (sulfide) groups is 1. The van der Waals surface area contributed by atoms with Crippen LogP contribution in [0, 0.1) is 0 Å². The number of ether oxygens (including phenoxy) is 2. The summed E-state index contributed by atoms with van der Waals surface area (Å²) in [6.45, 7) is 2.63. The van der Waals surface area contributed by atoms with E-state index in [0.717, 1.165) is 22.1 Å². The molecule has 24 heavy (non-hydrogen) atoms. The Balaban J connectivity index is 1.74. The Morgan fingerprint density at radius 1 is 1.25 bits per heavy atom. The summed E-state index contributed by atoms with van der Waals surface area (Å²) in [5.41, 5.74) is 1.99. The lowest BCUT2D eigenvalue weighted by Gasteiger charge is -2.04. The van der Waals surface area contributed by atoms with Gasteiger partial charge in [0.2, 0.25) is 0 Å². The van der Waals surface area contributed by atoms with Crippen molar-refractivity contribution in [1.29, 1.82) is 0 Å². The van der Waals surface area contributed by atoms with Gasteiger partial charge in [0, 0.05) is 23.0 Å². The first-order chi connectivity index (χ1) is 11.7. The van der Waals surface area contributed by atoms with Crippen molar-refractivity contribution in [2.45, 2.75) is 17.6 Å². The topological polar surface area (TPSA) is 52.8 Å². The minimum atomic E-state index is -0.378. The van der Waals surface area contributed by atoms with Crippen molar-refractivity contribution in [3.63, 3.8) is 0 Å². The maximum Gasteiger partial charge on any atom is 0.341 e. The Kier molecular flexibility index (Phi) is 5.05. The number of pyridine rings is 1. The second kappa shape index (κ2) is 7.40. The number of carbonyl (C=O) groups excluding carboxylic acids is 1. The van der Waals surface area contributed by atoms with Crippen LogP contribution in [0.3, 0.4) is 0 Å². The summed E-state index contributed by atoms with van der Waals surface area (Å²) in [6.07, 6.45) is 3.81. The maximum absolute atomic E-state index is 11.8. The van der Waals surface area contributed by atoms with Gasteiger partial charge < -0.3 is 13.9 Å². The molecule has 3 aromatic rings. The molecule has 0 saturated carbocycles. The number of esters is 1. The molecule has 1 aromatic carbocycles. The predicted octanol–water partition coefficient (Wildman–Crippen LogP) is 3.81. The standard InChI is InChI=1S/C18H18N2O3S/c1-3-23-14-6-8-15(9-7-14)24-12-13-11-20-10-4-5-16(17(20)19-13)18(21)22-2/h4-11H,3,12H2,1-2H3. The Labute approximate surface area is 144 Å². The van der Waals surface area contributed by atoms with Crippen LogP contribution in [-0.2, 0) is 10.5 Å². The third-order valence-corrected chi connectivity index (χ3v) is 4.51. The van der Waals surface area contributed by atoms with Gasteiger partial charge in [0.25, 0.3) is 0 Å². The van der Waals surface area contributed by atoms with E-state index in [1.54, 1.807) is 17.8 Å². The average Bonchev–Trinajstić information content (AvgIpc) is 3.03. The molecular weight excluding hydrogens is 324 g/mol.